The van der Waals surface area contributed by atoms with Crippen LogP contribution in [0.25, 0.3) is 0 Å². The van der Waals surface area contributed by atoms with Crippen molar-refractivity contribution in [3.05, 3.63) is 71.9 Å². The lowest BCUT2D eigenvalue weighted by molar-refractivity contribution is 0.142. The molecule has 4 rings (SSSR count). The molecule has 1 aliphatic rings. The molecule has 0 spiro atoms. The average molecular weight is 492 g/mol. The van der Waals surface area contributed by atoms with E-state index in [1.165, 1.54) is 4.90 Å². The molecule has 1 aliphatic heterocycles. The molecular weight excluding hydrogens is 458 g/mol. The molecule has 4 N–H and O–H groups in total. The number of amides is 1. The molecule has 0 radical (unpaired) electrons. The first-order valence-corrected chi connectivity index (χ1v) is 12.0. The molecule has 0 saturated carbocycles. The zero-order chi connectivity index (χ0) is 25.5. The van der Waals surface area contributed by atoms with E-state index in [9.17, 15) is 9.90 Å². The minimum absolute atomic E-state index is 0.0757. The third-order valence-electron chi connectivity index (χ3n) is 6.48. The number of hydrogen-bond acceptors (Lipinski definition) is 7. The summed E-state index contributed by atoms with van der Waals surface area (Å²) in [7, 11) is 3.30. The lowest BCUT2D eigenvalue weighted by atomic mass is 10.1. The fourth-order valence-corrected chi connectivity index (χ4v) is 4.50. The minimum Gasteiger partial charge on any atom is -0.497 e. The molecule has 9 nitrogen and oxygen atoms in total. The summed E-state index contributed by atoms with van der Waals surface area (Å²) in [6, 6.07) is 17.6. The number of pyridine rings is 1. The molecule has 1 saturated heterocycles. The minimum atomic E-state index is -0.882. The van der Waals surface area contributed by atoms with E-state index >= 15 is 0 Å². The van der Waals surface area contributed by atoms with Gasteiger partial charge in [0.25, 0.3) is 0 Å². The number of ether oxygens (including phenoxy) is 2. The second-order valence-corrected chi connectivity index (χ2v) is 8.80. The molecule has 2 heterocycles. The average Bonchev–Trinajstić information content (AvgIpc) is 3.38. The third kappa shape index (κ3) is 5.91. The van der Waals surface area contributed by atoms with E-state index in [1.54, 1.807) is 20.4 Å². The van der Waals surface area contributed by atoms with Gasteiger partial charge in [-0.05, 0) is 54.3 Å². The van der Waals surface area contributed by atoms with Gasteiger partial charge >= 0.3 is 6.09 Å². The number of nitrogens with two attached hydrogens (primary N) is 1. The van der Waals surface area contributed by atoms with E-state index in [0.29, 0.717) is 37.7 Å². The Bertz CT molecular complexity index is 1100. The first-order chi connectivity index (χ1) is 17.5. The molecule has 3 aromatic rings. The maximum atomic E-state index is 11.5. The first kappa shape index (κ1) is 25.0. The van der Waals surface area contributed by atoms with Gasteiger partial charge in [0.05, 0.1) is 31.6 Å². The highest BCUT2D eigenvalue weighted by atomic mass is 16.5. The molecular formula is C27H33N5O4. The molecule has 0 bridgehead atoms. The first-order valence-electron chi connectivity index (χ1n) is 12.0. The van der Waals surface area contributed by atoms with Gasteiger partial charge in [-0.15, -0.1) is 0 Å². The number of methoxy groups -OCH3 is 2. The molecule has 190 valence electrons. The normalized spacial score (nSPS) is 14.9. The highest BCUT2D eigenvalue weighted by molar-refractivity contribution is 5.78. The van der Waals surface area contributed by atoms with Crippen LogP contribution in [0.5, 0.6) is 11.5 Å². The smallest absolute Gasteiger partial charge is 0.407 e. The number of rotatable bonds is 10. The largest absolute Gasteiger partial charge is 0.497 e. The Kier molecular flexibility index (Phi) is 7.99. The van der Waals surface area contributed by atoms with Crippen LogP contribution >= 0.6 is 0 Å². The van der Waals surface area contributed by atoms with Crippen molar-refractivity contribution < 1.29 is 19.4 Å². The summed E-state index contributed by atoms with van der Waals surface area (Å²) >= 11 is 0. The molecule has 9 heteroatoms. The van der Waals surface area contributed by atoms with Crippen molar-refractivity contribution >= 4 is 23.3 Å². The monoisotopic (exact) mass is 491 g/mol. The molecule has 1 amide bonds. The highest BCUT2D eigenvalue weighted by Gasteiger charge is 2.28. The van der Waals surface area contributed by atoms with Crippen LogP contribution in [0.2, 0.25) is 0 Å². The van der Waals surface area contributed by atoms with E-state index < -0.39 is 6.09 Å². The van der Waals surface area contributed by atoms with E-state index in [2.05, 4.69) is 15.2 Å². The number of carboxylic acid groups (broad SMARTS) is 1. The fraction of sp³-hybridized carbons (Fsp3) is 0.333. The predicted molar refractivity (Wildman–Crippen MR) is 141 cm³/mol. The van der Waals surface area contributed by atoms with Gasteiger partial charge in [0.2, 0.25) is 0 Å². The van der Waals surface area contributed by atoms with Crippen molar-refractivity contribution in [1.29, 1.82) is 0 Å². The molecule has 2 aromatic carbocycles. The van der Waals surface area contributed by atoms with Crippen LogP contribution in [0.3, 0.4) is 0 Å². The molecule has 1 atom stereocenters. The van der Waals surface area contributed by atoms with Crippen molar-refractivity contribution in [2.24, 2.45) is 0 Å². The van der Waals surface area contributed by atoms with E-state index in [0.717, 1.165) is 41.2 Å². The number of likely N-dealkylation sites (tertiary alicyclic amines) is 1. The van der Waals surface area contributed by atoms with E-state index in [1.807, 2.05) is 54.6 Å². The van der Waals surface area contributed by atoms with Crippen LogP contribution in [-0.2, 0) is 13.1 Å². The van der Waals surface area contributed by atoms with Crippen LogP contribution in [0.4, 0.5) is 22.0 Å². The Balaban J connectivity index is 1.57. The van der Waals surface area contributed by atoms with Gasteiger partial charge in [0.15, 0.2) is 5.82 Å². The number of nitrogens with one attached hydrogen (secondary N) is 1. The quantitative estimate of drug-likeness (QED) is 0.381. The molecule has 36 heavy (non-hydrogen) atoms. The van der Waals surface area contributed by atoms with Crippen LogP contribution in [0, 0.1) is 0 Å². The molecule has 1 fully saturated rings. The maximum absolute atomic E-state index is 11.5. The van der Waals surface area contributed by atoms with Crippen molar-refractivity contribution in [2.45, 2.75) is 32.0 Å². The summed E-state index contributed by atoms with van der Waals surface area (Å²) in [6.45, 7) is 2.24. The zero-order valence-corrected chi connectivity index (χ0v) is 20.7. The van der Waals surface area contributed by atoms with Gasteiger partial charge in [0.1, 0.15) is 11.5 Å². The summed E-state index contributed by atoms with van der Waals surface area (Å²) in [4.78, 5) is 19.8. The van der Waals surface area contributed by atoms with Gasteiger partial charge in [-0.3, -0.25) is 0 Å². The predicted octanol–water partition coefficient (Wildman–Crippen LogP) is 4.44. The molecule has 0 unspecified atom stereocenters. The van der Waals surface area contributed by atoms with Crippen molar-refractivity contribution in [3.63, 3.8) is 0 Å². The number of nitrogens with zero attached hydrogens (tertiary/aromatic N) is 3. The van der Waals surface area contributed by atoms with Gasteiger partial charge in [-0.2, -0.15) is 0 Å². The van der Waals surface area contributed by atoms with Crippen molar-refractivity contribution in [1.82, 2.24) is 9.88 Å². The topological polar surface area (TPSA) is 113 Å². The highest BCUT2D eigenvalue weighted by Crippen LogP contribution is 2.31. The van der Waals surface area contributed by atoms with Crippen LogP contribution in [0.1, 0.15) is 24.0 Å². The lowest BCUT2D eigenvalue weighted by Crippen LogP contribution is -2.38. The molecule has 0 aliphatic carbocycles. The van der Waals surface area contributed by atoms with Crippen molar-refractivity contribution in [3.8, 4) is 11.5 Å². The number of carbonyl (C=O) groups is 1. The lowest BCUT2D eigenvalue weighted by Gasteiger charge is -2.27. The SMILES string of the molecule is COc1ccc(CN(Cc2ccc(OC)cc2)c2nccc(NC[C@@H]3CCCN3C(=O)O)c2N)cc1. The Morgan fingerprint density at radius 2 is 1.64 bits per heavy atom. The summed E-state index contributed by atoms with van der Waals surface area (Å²) in [6.07, 6.45) is 2.55. The number of aromatic nitrogens is 1. The van der Waals surface area contributed by atoms with Gasteiger partial charge in [-0.25, -0.2) is 9.78 Å². The fourth-order valence-electron chi connectivity index (χ4n) is 4.50. The summed E-state index contributed by atoms with van der Waals surface area (Å²) in [5, 5.41) is 12.8. The summed E-state index contributed by atoms with van der Waals surface area (Å²) in [5.41, 5.74) is 10.1. The Hall–Kier alpha value is -4.14. The Morgan fingerprint density at radius 3 is 2.17 bits per heavy atom. The van der Waals surface area contributed by atoms with Crippen LogP contribution in [-0.4, -0.2) is 54.4 Å². The zero-order valence-electron chi connectivity index (χ0n) is 20.7. The standard InChI is InChI=1S/C27H33N5O4/c1-35-22-9-5-19(6-10-22)17-31(18-20-7-11-23(36-2)12-8-20)26-25(28)24(13-14-29-26)30-16-21-4-3-15-32(21)27(33)34/h5-14,21H,3-4,15-18,28H2,1-2H3,(H,29,30)(H,33,34)/t21-/m0/s1. The van der Waals surface area contributed by atoms with Crippen LogP contribution in [0.15, 0.2) is 60.8 Å². The van der Waals surface area contributed by atoms with Crippen LogP contribution < -0.4 is 25.4 Å². The van der Waals surface area contributed by atoms with Gasteiger partial charge < -0.3 is 35.4 Å². The number of hydrogen-bond donors (Lipinski definition) is 3. The maximum Gasteiger partial charge on any atom is 0.407 e. The van der Waals surface area contributed by atoms with Gasteiger partial charge in [-0.1, -0.05) is 24.3 Å². The van der Waals surface area contributed by atoms with E-state index in [4.69, 9.17) is 15.2 Å². The van der Waals surface area contributed by atoms with Crippen molar-refractivity contribution in [2.75, 3.05) is 43.3 Å². The summed E-state index contributed by atoms with van der Waals surface area (Å²) in [5.74, 6) is 2.26. The van der Waals surface area contributed by atoms with Gasteiger partial charge in [0, 0.05) is 32.4 Å². The Morgan fingerprint density at radius 1 is 1.06 bits per heavy atom. The number of benzene rings is 2. The second-order valence-electron chi connectivity index (χ2n) is 8.80. The second kappa shape index (κ2) is 11.5. The molecule has 1 aromatic heterocycles. The number of nitrogen functional groups attached to an aromatic ring is 1. The Labute approximate surface area is 211 Å². The third-order valence-corrected chi connectivity index (χ3v) is 6.48. The van der Waals surface area contributed by atoms with E-state index in [-0.39, 0.29) is 6.04 Å². The summed E-state index contributed by atoms with van der Waals surface area (Å²) < 4.78 is 10.6. The number of anilines is 3.